The molecule has 1 fully saturated rings. The lowest BCUT2D eigenvalue weighted by Crippen LogP contribution is -2.22. The van der Waals surface area contributed by atoms with E-state index in [0.717, 1.165) is 24.8 Å². The number of rotatable bonds is 4. The highest BCUT2D eigenvalue weighted by Gasteiger charge is 2.29. The van der Waals surface area contributed by atoms with Crippen LogP contribution in [0.15, 0.2) is 42.5 Å². The van der Waals surface area contributed by atoms with Crippen molar-refractivity contribution in [3.63, 3.8) is 0 Å². The van der Waals surface area contributed by atoms with E-state index in [-0.39, 0.29) is 0 Å². The average Bonchev–Trinajstić information content (AvgIpc) is 2.40. The second-order valence-corrected chi connectivity index (χ2v) is 6.95. The minimum absolute atomic E-state index is 0.327. The Hall–Kier alpha value is -1.81. The zero-order chi connectivity index (χ0) is 15.5. The molecule has 1 aliphatic rings. The second-order valence-electron chi connectivity index (χ2n) is 6.95. The summed E-state index contributed by atoms with van der Waals surface area (Å²) in [7, 11) is 0. The van der Waals surface area contributed by atoms with Crippen LogP contribution < -0.4 is 0 Å². The van der Waals surface area contributed by atoms with Gasteiger partial charge in [0.2, 0.25) is 0 Å². The molecule has 1 aromatic rings. The van der Waals surface area contributed by atoms with Crippen molar-refractivity contribution in [1.82, 2.24) is 0 Å². The quantitative estimate of drug-likeness (QED) is 0.668. The van der Waals surface area contributed by atoms with Gasteiger partial charge < -0.3 is 0 Å². The number of nitriles is 1. The van der Waals surface area contributed by atoms with Gasteiger partial charge in [-0.05, 0) is 74.1 Å². The van der Waals surface area contributed by atoms with E-state index in [1.807, 2.05) is 18.2 Å². The predicted molar refractivity (Wildman–Crippen MR) is 89.1 cm³/mol. The van der Waals surface area contributed by atoms with Crippen molar-refractivity contribution in [3.8, 4) is 6.07 Å². The normalized spacial score (nSPS) is 21.9. The molecule has 21 heavy (non-hydrogen) atoms. The molecule has 1 nitrogen and oxygen atoms in total. The number of hydrogen-bond acceptors (Lipinski definition) is 1. The molecule has 0 aliphatic heterocycles. The first-order valence-corrected chi connectivity index (χ1v) is 7.75. The Morgan fingerprint density at radius 1 is 1.43 bits per heavy atom. The van der Waals surface area contributed by atoms with E-state index in [0.29, 0.717) is 5.41 Å². The third kappa shape index (κ3) is 4.08. The lowest BCUT2D eigenvalue weighted by atomic mass is 9.70. The van der Waals surface area contributed by atoms with Gasteiger partial charge in [-0.3, -0.25) is 0 Å². The van der Waals surface area contributed by atoms with Gasteiger partial charge in [-0.15, -0.1) is 0 Å². The zero-order valence-corrected chi connectivity index (χ0v) is 13.3. The fourth-order valence-electron chi connectivity index (χ4n) is 3.56. The predicted octanol–water partition coefficient (Wildman–Crippen LogP) is 5.49. The molecular weight excluding hydrogens is 254 g/mol. The molecular formula is C20H25N. The van der Waals surface area contributed by atoms with Crippen LogP contribution >= 0.6 is 0 Å². The topological polar surface area (TPSA) is 23.8 Å². The van der Waals surface area contributed by atoms with Crippen molar-refractivity contribution < 1.29 is 0 Å². The van der Waals surface area contributed by atoms with E-state index in [1.54, 1.807) is 0 Å². The van der Waals surface area contributed by atoms with E-state index in [2.05, 4.69) is 33.1 Å². The third-order valence-electron chi connectivity index (χ3n) is 4.58. The lowest BCUT2D eigenvalue weighted by molar-refractivity contribution is 0.253. The monoisotopic (exact) mass is 279 g/mol. The summed E-state index contributed by atoms with van der Waals surface area (Å²) < 4.78 is 0. The Morgan fingerprint density at radius 2 is 2.19 bits per heavy atom. The number of benzene rings is 1. The van der Waals surface area contributed by atoms with Crippen LogP contribution in [0.3, 0.4) is 0 Å². The van der Waals surface area contributed by atoms with Gasteiger partial charge in [0, 0.05) is 0 Å². The van der Waals surface area contributed by atoms with Gasteiger partial charge in [-0.25, -0.2) is 0 Å². The van der Waals surface area contributed by atoms with Gasteiger partial charge in [0.1, 0.15) is 0 Å². The van der Waals surface area contributed by atoms with E-state index < -0.39 is 0 Å². The van der Waals surface area contributed by atoms with Crippen molar-refractivity contribution >= 4 is 0 Å². The molecule has 0 spiro atoms. The first kappa shape index (κ1) is 15.6. The SMILES string of the molecule is C=C1CCCC(C)(CC(=C)Cc2cc(C#N)ccc2C)C1. The summed E-state index contributed by atoms with van der Waals surface area (Å²) in [6, 6.07) is 8.14. The Balaban J connectivity index is 2.05. The summed E-state index contributed by atoms with van der Waals surface area (Å²) in [4.78, 5) is 0. The van der Waals surface area contributed by atoms with Crippen molar-refractivity contribution in [2.45, 2.75) is 52.4 Å². The van der Waals surface area contributed by atoms with Crippen molar-refractivity contribution in [2.75, 3.05) is 0 Å². The Labute approximate surface area is 129 Å². The van der Waals surface area contributed by atoms with Crippen LogP contribution in [0.4, 0.5) is 0 Å². The number of allylic oxidation sites excluding steroid dienone is 2. The minimum atomic E-state index is 0.327. The molecule has 0 bridgehead atoms. The summed E-state index contributed by atoms with van der Waals surface area (Å²) in [6.45, 7) is 12.9. The third-order valence-corrected chi connectivity index (χ3v) is 4.58. The van der Waals surface area contributed by atoms with Crippen molar-refractivity contribution in [2.24, 2.45) is 5.41 Å². The van der Waals surface area contributed by atoms with Crippen LogP contribution in [-0.4, -0.2) is 0 Å². The van der Waals surface area contributed by atoms with Crippen LogP contribution in [0.25, 0.3) is 0 Å². The van der Waals surface area contributed by atoms with Gasteiger partial charge in [0.15, 0.2) is 0 Å². The van der Waals surface area contributed by atoms with Gasteiger partial charge in [0.05, 0.1) is 11.6 Å². The minimum Gasteiger partial charge on any atom is -0.192 e. The first-order valence-electron chi connectivity index (χ1n) is 7.75. The molecule has 1 atom stereocenters. The van der Waals surface area contributed by atoms with Crippen molar-refractivity contribution in [1.29, 1.82) is 5.26 Å². The van der Waals surface area contributed by atoms with Crippen LogP contribution in [0, 0.1) is 23.7 Å². The molecule has 1 heteroatoms. The molecule has 0 heterocycles. The van der Waals surface area contributed by atoms with Crippen molar-refractivity contribution in [3.05, 3.63) is 59.2 Å². The van der Waals surface area contributed by atoms with Crippen LogP contribution in [-0.2, 0) is 6.42 Å². The summed E-state index contributed by atoms with van der Waals surface area (Å²) in [5, 5.41) is 9.04. The first-order chi connectivity index (χ1) is 9.92. The highest BCUT2D eigenvalue weighted by atomic mass is 14.3. The number of aryl methyl sites for hydroxylation is 1. The van der Waals surface area contributed by atoms with Crippen LogP contribution in [0.2, 0.25) is 0 Å². The molecule has 110 valence electrons. The zero-order valence-electron chi connectivity index (χ0n) is 13.3. The number of hydrogen-bond donors (Lipinski definition) is 0. The summed E-state index contributed by atoms with van der Waals surface area (Å²) in [6.07, 6.45) is 6.77. The molecule has 1 saturated carbocycles. The van der Waals surface area contributed by atoms with Gasteiger partial charge in [-0.1, -0.05) is 37.3 Å². The molecule has 1 unspecified atom stereocenters. The van der Waals surface area contributed by atoms with E-state index in [1.165, 1.54) is 41.5 Å². The summed E-state index contributed by atoms with van der Waals surface area (Å²) >= 11 is 0. The van der Waals surface area contributed by atoms with E-state index in [9.17, 15) is 0 Å². The summed E-state index contributed by atoms with van der Waals surface area (Å²) in [5.74, 6) is 0. The highest BCUT2D eigenvalue weighted by Crippen LogP contribution is 2.42. The average molecular weight is 279 g/mol. The van der Waals surface area contributed by atoms with E-state index >= 15 is 0 Å². The number of nitrogens with zero attached hydrogens (tertiary/aromatic N) is 1. The molecule has 0 N–H and O–H groups in total. The lowest BCUT2D eigenvalue weighted by Gasteiger charge is -2.35. The molecule has 0 amide bonds. The van der Waals surface area contributed by atoms with Crippen LogP contribution in [0.5, 0.6) is 0 Å². The second kappa shape index (κ2) is 6.31. The molecule has 0 aromatic heterocycles. The fourth-order valence-corrected chi connectivity index (χ4v) is 3.56. The molecule has 0 radical (unpaired) electrons. The van der Waals surface area contributed by atoms with E-state index in [4.69, 9.17) is 5.26 Å². The summed E-state index contributed by atoms with van der Waals surface area (Å²) in [5.41, 5.74) is 6.20. The van der Waals surface area contributed by atoms with Gasteiger partial charge in [-0.2, -0.15) is 5.26 Å². The van der Waals surface area contributed by atoms with Crippen LogP contribution in [0.1, 0.15) is 55.7 Å². The standard InChI is InChI=1S/C20H25N/c1-15-6-5-9-20(4,12-15)13-16(2)10-19-11-18(14-21)8-7-17(19)3/h7-8,11H,1-2,5-6,9-10,12-13H2,3-4H3. The Morgan fingerprint density at radius 3 is 2.86 bits per heavy atom. The largest absolute Gasteiger partial charge is 0.192 e. The molecule has 2 rings (SSSR count). The Kier molecular flexibility index (Phi) is 4.68. The van der Waals surface area contributed by atoms with Gasteiger partial charge in [0.25, 0.3) is 0 Å². The molecule has 0 saturated heterocycles. The van der Waals surface area contributed by atoms with Gasteiger partial charge >= 0.3 is 0 Å². The highest BCUT2D eigenvalue weighted by molar-refractivity contribution is 5.39. The maximum absolute atomic E-state index is 9.04. The maximum Gasteiger partial charge on any atom is 0.0991 e. The maximum atomic E-state index is 9.04. The smallest absolute Gasteiger partial charge is 0.0991 e. The Bertz CT molecular complexity index is 603. The molecule has 1 aliphatic carbocycles. The molecule has 1 aromatic carbocycles. The fraction of sp³-hybridized carbons (Fsp3) is 0.450.